The van der Waals surface area contributed by atoms with Crippen molar-refractivity contribution in [3.63, 3.8) is 0 Å². The van der Waals surface area contributed by atoms with Crippen LogP contribution in [0.3, 0.4) is 0 Å². The maximum absolute atomic E-state index is 12.3. The van der Waals surface area contributed by atoms with E-state index in [0.717, 1.165) is 41.1 Å². The van der Waals surface area contributed by atoms with Gasteiger partial charge in [-0.3, -0.25) is 4.79 Å². The van der Waals surface area contributed by atoms with Gasteiger partial charge >= 0.3 is 0 Å². The monoisotopic (exact) mass is 356 g/mol. The highest BCUT2D eigenvalue weighted by molar-refractivity contribution is 14.1. The highest BCUT2D eigenvalue weighted by Crippen LogP contribution is 2.32. The third-order valence-corrected chi connectivity index (χ3v) is 4.71. The Kier molecular flexibility index (Phi) is 4.92. The molecule has 1 aromatic carbocycles. The van der Waals surface area contributed by atoms with E-state index in [-0.39, 0.29) is 17.6 Å². The zero-order valence-electron chi connectivity index (χ0n) is 10.3. The van der Waals surface area contributed by atoms with Crippen molar-refractivity contribution in [2.45, 2.75) is 32.1 Å². The molecule has 2 rings (SSSR count). The van der Waals surface area contributed by atoms with Gasteiger partial charge in [-0.1, -0.05) is 31.0 Å². The Morgan fingerprint density at radius 2 is 2.00 bits per heavy atom. The number of hydrogen-bond donors (Lipinski definition) is 0. The van der Waals surface area contributed by atoms with Crippen LogP contribution < -0.4 is 0 Å². The molecule has 18 heavy (non-hydrogen) atoms. The second kappa shape index (κ2) is 6.45. The molecule has 2 nitrogen and oxygen atoms in total. The van der Waals surface area contributed by atoms with Gasteiger partial charge < -0.3 is 4.79 Å². The lowest BCUT2D eigenvalue weighted by Gasteiger charge is -2.27. The Hall–Kier alpha value is -0.710. The van der Waals surface area contributed by atoms with Crippen LogP contribution in [0.1, 0.15) is 42.5 Å². The van der Waals surface area contributed by atoms with Crippen LogP contribution in [0, 0.1) is 15.4 Å². The molecule has 96 valence electrons. The predicted molar refractivity (Wildman–Crippen MR) is 79.6 cm³/mol. The van der Waals surface area contributed by atoms with E-state index in [1.807, 2.05) is 24.3 Å². The third-order valence-electron chi connectivity index (χ3n) is 3.76. The molecule has 3 heteroatoms. The number of carbonyl (C=O) groups excluding carboxylic acids is 2. The summed E-state index contributed by atoms with van der Waals surface area (Å²) in [7, 11) is 0. The average Bonchev–Trinajstić information content (AvgIpc) is 2.39. The fourth-order valence-electron chi connectivity index (χ4n) is 2.70. The first-order valence-corrected chi connectivity index (χ1v) is 7.53. The van der Waals surface area contributed by atoms with Crippen molar-refractivity contribution in [2.24, 2.45) is 11.8 Å². The van der Waals surface area contributed by atoms with E-state index in [4.69, 9.17) is 0 Å². The van der Waals surface area contributed by atoms with Crippen molar-refractivity contribution >= 4 is 34.7 Å². The normalized spacial score (nSPS) is 23.6. The molecular formula is C15H17IO2. The van der Waals surface area contributed by atoms with Gasteiger partial charge in [0.05, 0.1) is 0 Å². The molecule has 2 unspecified atom stereocenters. The minimum atomic E-state index is 0.0871. The molecule has 0 spiro atoms. The zero-order chi connectivity index (χ0) is 13.0. The largest absolute Gasteiger partial charge is 0.303 e. The summed E-state index contributed by atoms with van der Waals surface area (Å²) in [5, 5.41) is 0. The van der Waals surface area contributed by atoms with Crippen LogP contribution in [0.25, 0.3) is 0 Å². The molecule has 0 amide bonds. The number of Topliss-reactive ketones (excluding diaryl/α,β-unsaturated/α-hetero) is 1. The highest BCUT2D eigenvalue weighted by atomic mass is 127. The summed E-state index contributed by atoms with van der Waals surface area (Å²) >= 11 is 2.19. The molecule has 0 saturated heterocycles. The molecular weight excluding hydrogens is 339 g/mol. The van der Waals surface area contributed by atoms with E-state index in [0.29, 0.717) is 6.42 Å². The van der Waals surface area contributed by atoms with E-state index >= 15 is 0 Å². The van der Waals surface area contributed by atoms with Crippen LogP contribution in [0.4, 0.5) is 0 Å². The summed E-state index contributed by atoms with van der Waals surface area (Å²) in [5.41, 5.74) is 0.799. The summed E-state index contributed by atoms with van der Waals surface area (Å²) in [6.45, 7) is 0. The Balaban J connectivity index is 2.07. The Labute approximate surface area is 121 Å². The van der Waals surface area contributed by atoms with Crippen LogP contribution in [-0.4, -0.2) is 12.1 Å². The lowest BCUT2D eigenvalue weighted by atomic mass is 9.77. The molecule has 1 fully saturated rings. The van der Waals surface area contributed by atoms with Crippen molar-refractivity contribution in [2.75, 3.05) is 0 Å². The molecule has 0 aliphatic heterocycles. The Morgan fingerprint density at radius 1 is 1.28 bits per heavy atom. The predicted octanol–water partition coefficient (Wildman–Crippen LogP) is 3.87. The number of aldehydes is 1. The van der Waals surface area contributed by atoms with Gasteiger partial charge in [-0.05, 0) is 47.4 Å². The maximum atomic E-state index is 12.3. The number of ketones is 1. The lowest BCUT2D eigenvalue weighted by Crippen LogP contribution is -2.23. The fourth-order valence-corrected chi connectivity index (χ4v) is 3.39. The molecule has 1 saturated carbocycles. The van der Waals surface area contributed by atoms with Crippen LogP contribution in [0.15, 0.2) is 24.3 Å². The average molecular weight is 356 g/mol. The van der Waals surface area contributed by atoms with E-state index in [2.05, 4.69) is 22.6 Å². The summed E-state index contributed by atoms with van der Waals surface area (Å²) in [5.74, 6) is 0.516. The second-order valence-electron chi connectivity index (χ2n) is 4.95. The molecule has 0 heterocycles. The highest BCUT2D eigenvalue weighted by Gasteiger charge is 2.27. The molecule has 1 aromatic rings. The van der Waals surface area contributed by atoms with E-state index in [1.165, 1.54) is 0 Å². The van der Waals surface area contributed by atoms with Gasteiger partial charge in [-0.15, -0.1) is 0 Å². The number of carbonyl (C=O) groups is 2. The zero-order valence-corrected chi connectivity index (χ0v) is 12.4. The number of hydrogen-bond acceptors (Lipinski definition) is 2. The molecule has 0 radical (unpaired) electrons. The van der Waals surface area contributed by atoms with Crippen LogP contribution >= 0.6 is 22.6 Å². The first kappa shape index (κ1) is 13.7. The maximum Gasteiger partial charge on any atom is 0.164 e. The van der Waals surface area contributed by atoms with Gasteiger partial charge in [0.15, 0.2) is 5.78 Å². The summed E-state index contributed by atoms with van der Waals surface area (Å²) in [4.78, 5) is 23.3. The quantitative estimate of drug-likeness (QED) is 0.466. The number of rotatable bonds is 4. The molecule has 1 aliphatic carbocycles. The summed E-state index contributed by atoms with van der Waals surface area (Å²) < 4.78 is 0.999. The van der Waals surface area contributed by atoms with Crippen LogP contribution in [-0.2, 0) is 4.79 Å². The standard InChI is InChI=1S/C15H17IO2/c16-14-8-4-3-7-13(14)15(18)9-11-5-1-2-6-12(11)10-17/h3-4,7-8,10-12H,1-2,5-6,9H2. The molecule has 0 aromatic heterocycles. The van der Waals surface area contributed by atoms with Crippen molar-refractivity contribution in [3.8, 4) is 0 Å². The molecule has 2 atom stereocenters. The lowest BCUT2D eigenvalue weighted by molar-refractivity contribution is -0.113. The smallest absolute Gasteiger partial charge is 0.164 e. The Bertz CT molecular complexity index is 442. The van der Waals surface area contributed by atoms with Crippen LogP contribution in [0.5, 0.6) is 0 Å². The van der Waals surface area contributed by atoms with Crippen molar-refractivity contribution < 1.29 is 9.59 Å². The minimum Gasteiger partial charge on any atom is -0.303 e. The van der Waals surface area contributed by atoms with Gasteiger partial charge in [-0.25, -0.2) is 0 Å². The van der Waals surface area contributed by atoms with Gasteiger partial charge in [0.2, 0.25) is 0 Å². The SMILES string of the molecule is O=CC1CCCCC1CC(=O)c1ccccc1I. The molecule has 0 bridgehead atoms. The first-order valence-electron chi connectivity index (χ1n) is 6.45. The van der Waals surface area contributed by atoms with Crippen molar-refractivity contribution in [1.29, 1.82) is 0 Å². The van der Waals surface area contributed by atoms with E-state index in [1.54, 1.807) is 0 Å². The first-order chi connectivity index (χ1) is 8.72. The van der Waals surface area contributed by atoms with Gasteiger partial charge in [0, 0.05) is 21.5 Å². The molecule has 1 aliphatic rings. The topological polar surface area (TPSA) is 34.1 Å². The number of halogens is 1. The van der Waals surface area contributed by atoms with Gasteiger partial charge in [0.1, 0.15) is 6.29 Å². The van der Waals surface area contributed by atoms with Crippen molar-refractivity contribution in [1.82, 2.24) is 0 Å². The summed E-state index contributed by atoms with van der Waals surface area (Å²) in [6, 6.07) is 7.66. The second-order valence-corrected chi connectivity index (χ2v) is 6.11. The third kappa shape index (κ3) is 3.19. The van der Waals surface area contributed by atoms with Gasteiger partial charge in [0.25, 0.3) is 0 Å². The summed E-state index contributed by atoms with van der Waals surface area (Å²) in [6.07, 6.45) is 5.80. The van der Waals surface area contributed by atoms with E-state index in [9.17, 15) is 9.59 Å². The van der Waals surface area contributed by atoms with Gasteiger partial charge in [-0.2, -0.15) is 0 Å². The van der Waals surface area contributed by atoms with Crippen LogP contribution in [0.2, 0.25) is 0 Å². The minimum absolute atomic E-state index is 0.0871. The number of benzene rings is 1. The Morgan fingerprint density at radius 3 is 2.72 bits per heavy atom. The van der Waals surface area contributed by atoms with E-state index < -0.39 is 0 Å². The van der Waals surface area contributed by atoms with Crippen molar-refractivity contribution in [3.05, 3.63) is 33.4 Å². The molecule has 0 N–H and O–H groups in total. The fraction of sp³-hybridized carbons (Fsp3) is 0.467.